The standard InChI is InChI=1S/C14H20BrNO/c1-12(17)5-3-4-10-16(2)11-13-6-8-14(15)9-7-13/h6-9H,3-5,10-11H2,1-2H3. The number of ketones is 1. The van der Waals surface area contributed by atoms with E-state index in [0.29, 0.717) is 12.2 Å². The van der Waals surface area contributed by atoms with E-state index in [1.54, 1.807) is 6.92 Å². The molecule has 94 valence electrons. The molecule has 1 rings (SSSR count). The first-order valence-corrected chi connectivity index (χ1v) is 6.79. The van der Waals surface area contributed by atoms with Crippen molar-refractivity contribution in [2.75, 3.05) is 13.6 Å². The summed E-state index contributed by atoms with van der Waals surface area (Å²) < 4.78 is 1.12. The van der Waals surface area contributed by atoms with Crippen LogP contribution in [0.1, 0.15) is 31.7 Å². The Morgan fingerprint density at radius 3 is 2.47 bits per heavy atom. The predicted molar refractivity (Wildman–Crippen MR) is 75.0 cm³/mol. The summed E-state index contributed by atoms with van der Waals surface area (Å²) in [6.07, 6.45) is 2.80. The van der Waals surface area contributed by atoms with Gasteiger partial charge in [-0.1, -0.05) is 28.1 Å². The van der Waals surface area contributed by atoms with Crippen LogP contribution in [0.4, 0.5) is 0 Å². The minimum atomic E-state index is 0.292. The third kappa shape index (κ3) is 6.59. The predicted octanol–water partition coefficient (Wildman–Crippen LogP) is 3.64. The van der Waals surface area contributed by atoms with Gasteiger partial charge in [-0.3, -0.25) is 0 Å². The highest BCUT2D eigenvalue weighted by atomic mass is 79.9. The van der Waals surface area contributed by atoms with Gasteiger partial charge in [-0.2, -0.15) is 0 Å². The first-order valence-electron chi connectivity index (χ1n) is 6.00. The third-order valence-corrected chi connectivity index (χ3v) is 3.21. The molecular formula is C14H20BrNO. The van der Waals surface area contributed by atoms with Crippen molar-refractivity contribution in [3.8, 4) is 0 Å². The molecule has 1 aromatic carbocycles. The maximum atomic E-state index is 10.8. The molecule has 0 fully saturated rings. The van der Waals surface area contributed by atoms with Crippen LogP contribution in [0, 0.1) is 0 Å². The Labute approximate surface area is 112 Å². The summed E-state index contributed by atoms with van der Waals surface area (Å²) in [6, 6.07) is 8.41. The van der Waals surface area contributed by atoms with Crippen molar-refractivity contribution >= 4 is 21.7 Å². The van der Waals surface area contributed by atoms with Crippen LogP contribution in [0.15, 0.2) is 28.7 Å². The highest BCUT2D eigenvalue weighted by molar-refractivity contribution is 9.10. The molecule has 1 aromatic rings. The second-order valence-electron chi connectivity index (χ2n) is 4.52. The topological polar surface area (TPSA) is 20.3 Å². The minimum Gasteiger partial charge on any atom is -0.302 e. The first-order chi connectivity index (χ1) is 8.08. The molecule has 0 aliphatic carbocycles. The van der Waals surface area contributed by atoms with Crippen LogP contribution < -0.4 is 0 Å². The summed E-state index contributed by atoms with van der Waals surface area (Å²) in [5.74, 6) is 0.292. The summed E-state index contributed by atoms with van der Waals surface area (Å²) in [6.45, 7) is 3.67. The largest absolute Gasteiger partial charge is 0.302 e. The molecule has 0 aliphatic heterocycles. The lowest BCUT2D eigenvalue weighted by molar-refractivity contribution is -0.117. The first kappa shape index (κ1) is 14.4. The number of halogens is 1. The number of nitrogens with zero attached hydrogens (tertiary/aromatic N) is 1. The highest BCUT2D eigenvalue weighted by Gasteiger charge is 2.01. The Morgan fingerprint density at radius 1 is 1.24 bits per heavy atom. The fourth-order valence-electron chi connectivity index (χ4n) is 1.74. The molecular weight excluding hydrogens is 278 g/mol. The van der Waals surface area contributed by atoms with Gasteiger partial charge in [0.15, 0.2) is 0 Å². The number of unbranched alkanes of at least 4 members (excludes halogenated alkanes) is 1. The Morgan fingerprint density at radius 2 is 1.88 bits per heavy atom. The number of rotatable bonds is 7. The minimum absolute atomic E-state index is 0.292. The fourth-order valence-corrected chi connectivity index (χ4v) is 2.00. The molecule has 0 spiro atoms. The number of hydrogen-bond acceptors (Lipinski definition) is 2. The molecule has 0 saturated carbocycles. The van der Waals surface area contributed by atoms with E-state index in [2.05, 4.69) is 52.1 Å². The lowest BCUT2D eigenvalue weighted by atomic mass is 10.1. The maximum absolute atomic E-state index is 10.8. The molecule has 2 nitrogen and oxygen atoms in total. The molecule has 0 N–H and O–H groups in total. The van der Waals surface area contributed by atoms with E-state index in [1.807, 2.05) is 0 Å². The monoisotopic (exact) mass is 297 g/mol. The molecule has 0 aromatic heterocycles. The summed E-state index contributed by atoms with van der Waals surface area (Å²) in [4.78, 5) is 13.1. The quantitative estimate of drug-likeness (QED) is 0.716. The lowest BCUT2D eigenvalue weighted by Gasteiger charge is -2.16. The van der Waals surface area contributed by atoms with Crippen molar-refractivity contribution in [3.63, 3.8) is 0 Å². The smallest absolute Gasteiger partial charge is 0.129 e. The zero-order valence-corrected chi connectivity index (χ0v) is 12.2. The zero-order chi connectivity index (χ0) is 12.7. The molecule has 3 heteroatoms. The van der Waals surface area contributed by atoms with E-state index in [-0.39, 0.29) is 0 Å². The van der Waals surface area contributed by atoms with Crippen LogP contribution in [0.2, 0.25) is 0 Å². The molecule has 0 unspecified atom stereocenters. The summed E-state index contributed by atoms with van der Waals surface area (Å²) in [5.41, 5.74) is 1.32. The second kappa shape index (κ2) is 7.62. The van der Waals surface area contributed by atoms with Gasteiger partial charge in [-0.25, -0.2) is 0 Å². The summed E-state index contributed by atoms with van der Waals surface area (Å²) in [5, 5.41) is 0. The van der Waals surface area contributed by atoms with Crippen LogP contribution in [-0.2, 0) is 11.3 Å². The van der Waals surface area contributed by atoms with Crippen LogP contribution in [-0.4, -0.2) is 24.3 Å². The van der Waals surface area contributed by atoms with E-state index < -0.39 is 0 Å². The summed E-state index contributed by atoms with van der Waals surface area (Å²) in [7, 11) is 2.12. The molecule has 17 heavy (non-hydrogen) atoms. The van der Waals surface area contributed by atoms with E-state index >= 15 is 0 Å². The number of carbonyl (C=O) groups is 1. The SMILES string of the molecule is CC(=O)CCCCN(C)Cc1ccc(Br)cc1. The molecule has 0 atom stereocenters. The van der Waals surface area contributed by atoms with E-state index in [4.69, 9.17) is 0 Å². The molecule has 0 amide bonds. The van der Waals surface area contributed by atoms with Gasteiger partial charge in [-0.15, -0.1) is 0 Å². The number of carbonyl (C=O) groups excluding carboxylic acids is 1. The van der Waals surface area contributed by atoms with Crippen molar-refractivity contribution in [1.82, 2.24) is 4.90 Å². The van der Waals surface area contributed by atoms with Gasteiger partial charge < -0.3 is 9.69 Å². The van der Waals surface area contributed by atoms with Gasteiger partial charge in [0.25, 0.3) is 0 Å². The maximum Gasteiger partial charge on any atom is 0.129 e. The van der Waals surface area contributed by atoms with Crippen molar-refractivity contribution in [3.05, 3.63) is 34.3 Å². The van der Waals surface area contributed by atoms with E-state index in [0.717, 1.165) is 30.4 Å². The van der Waals surface area contributed by atoms with Gasteiger partial charge in [-0.05, 0) is 51.1 Å². The Bertz CT molecular complexity index is 348. The van der Waals surface area contributed by atoms with Gasteiger partial charge in [0.05, 0.1) is 0 Å². The zero-order valence-electron chi connectivity index (χ0n) is 10.6. The van der Waals surface area contributed by atoms with Crippen LogP contribution >= 0.6 is 15.9 Å². The van der Waals surface area contributed by atoms with Crippen LogP contribution in [0.25, 0.3) is 0 Å². The van der Waals surface area contributed by atoms with E-state index in [9.17, 15) is 4.79 Å². The average molecular weight is 298 g/mol. The average Bonchev–Trinajstić information content (AvgIpc) is 2.27. The van der Waals surface area contributed by atoms with Crippen molar-refractivity contribution in [1.29, 1.82) is 0 Å². The Kier molecular flexibility index (Phi) is 6.45. The number of benzene rings is 1. The van der Waals surface area contributed by atoms with Crippen LogP contribution in [0.5, 0.6) is 0 Å². The second-order valence-corrected chi connectivity index (χ2v) is 5.44. The molecule has 0 radical (unpaired) electrons. The van der Waals surface area contributed by atoms with Gasteiger partial charge >= 0.3 is 0 Å². The molecule has 0 aliphatic rings. The van der Waals surface area contributed by atoms with Gasteiger partial charge in [0.1, 0.15) is 5.78 Å². The molecule has 0 heterocycles. The number of Topliss-reactive ketones (excluding diaryl/α,β-unsaturated/α-hetero) is 1. The van der Waals surface area contributed by atoms with Gasteiger partial charge in [0, 0.05) is 17.4 Å². The fraction of sp³-hybridized carbons (Fsp3) is 0.500. The third-order valence-electron chi connectivity index (χ3n) is 2.68. The Hall–Kier alpha value is -0.670. The van der Waals surface area contributed by atoms with E-state index in [1.165, 1.54) is 5.56 Å². The Balaban J connectivity index is 2.22. The van der Waals surface area contributed by atoms with Crippen molar-refractivity contribution < 1.29 is 4.79 Å². The molecule has 0 bridgehead atoms. The summed E-state index contributed by atoms with van der Waals surface area (Å²) >= 11 is 3.43. The van der Waals surface area contributed by atoms with Gasteiger partial charge in [0.2, 0.25) is 0 Å². The highest BCUT2D eigenvalue weighted by Crippen LogP contribution is 2.12. The number of hydrogen-bond donors (Lipinski definition) is 0. The van der Waals surface area contributed by atoms with Crippen molar-refractivity contribution in [2.24, 2.45) is 0 Å². The van der Waals surface area contributed by atoms with Crippen molar-refractivity contribution in [2.45, 2.75) is 32.7 Å². The van der Waals surface area contributed by atoms with Crippen LogP contribution in [0.3, 0.4) is 0 Å². The molecule has 0 saturated heterocycles. The normalized spacial score (nSPS) is 10.8. The lowest BCUT2D eigenvalue weighted by Crippen LogP contribution is -2.19.